The topological polar surface area (TPSA) is 17.1 Å². The van der Waals surface area contributed by atoms with Crippen LogP contribution in [0.2, 0.25) is 0 Å². The van der Waals surface area contributed by atoms with E-state index in [1.54, 1.807) is 6.92 Å². The third-order valence-corrected chi connectivity index (χ3v) is 1.76. The summed E-state index contributed by atoms with van der Waals surface area (Å²) in [5.41, 5.74) is 0.296. The van der Waals surface area contributed by atoms with Crippen molar-refractivity contribution in [3.8, 4) is 0 Å². The maximum atomic E-state index is 12.9. The van der Waals surface area contributed by atoms with Crippen LogP contribution >= 0.6 is 0 Å². The molecule has 0 aliphatic heterocycles. The molecule has 0 N–H and O–H groups in total. The first kappa shape index (κ1) is 12.9. The van der Waals surface area contributed by atoms with Gasteiger partial charge in [-0.25, -0.2) is 4.39 Å². The predicted molar refractivity (Wildman–Crippen MR) is 40.1 cm³/mol. The Bertz CT molecular complexity index is 337. The maximum absolute atomic E-state index is 12.9. The second kappa shape index (κ2) is 4.92. The van der Waals surface area contributed by atoms with Gasteiger partial charge in [0.2, 0.25) is 0 Å². The summed E-state index contributed by atoms with van der Waals surface area (Å²) >= 11 is 0. The van der Waals surface area contributed by atoms with Crippen molar-refractivity contribution in [1.29, 1.82) is 0 Å². The van der Waals surface area contributed by atoms with E-state index in [0.717, 1.165) is 0 Å². The van der Waals surface area contributed by atoms with E-state index < -0.39 is 11.6 Å². The van der Waals surface area contributed by atoms with Crippen LogP contribution in [0.25, 0.3) is 0 Å². The van der Waals surface area contributed by atoms with Crippen molar-refractivity contribution in [2.45, 2.75) is 13.8 Å². The summed E-state index contributed by atoms with van der Waals surface area (Å²) in [6.45, 7) is 3.02. The van der Waals surface area contributed by atoms with Gasteiger partial charge in [-0.2, -0.15) is 0 Å². The molecule has 0 unspecified atom stereocenters. The van der Waals surface area contributed by atoms with Gasteiger partial charge in [-0.1, -0.05) is 25.0 Å². The van der Waals surface area contributed by atoms with Gasteiger partial charge >= 0.3 is 0 Å². The molecule has 0 bridgehead atoms. The first-order chi connectivity index (χ1) is 5.57. The molecule has 0 saturated carbocycles. The minimum atomic E-state index is -1.12. The van der Waals surface area contributed by atoms with Crippen LogP contribution in [0.5, 0.6) is 0 Å². The van der Waals surface area contributed by atoms with E-state index in [0.29, 0.717) is 5.56 Å². The van der Waals surface area contributed by atoms with Gasteiger partial charge in [0.05, 0.1) is 17.9 Å². The third kappa shape index (κ3) is 2.41. The average Bonchev–Trinajstić information content (AvgIpc) is 2.08. The second-order valence-corrected chi connectivity index (χ2v) is 2.53. The summed E-state index contributed by atoms with van der Waals surface area (Å²) < 4.78 is 25.7. The number of benzene rings is 1. The minimum absolute atomic E-state index is 0. The molecule has 0 atom stereocenters. The van der Waals surface area contributed by atoms with Gasteiger partial charge in [0.15, 0.2) is 0 Å². The van der Waals surface area contributed by atoms with Crippen LogP contribution in [-0.2, 0) is 32.7 Å². The van der Waals surface area contributed by atoms with Gasteiger partial charge in [0, 0.05) is 32.7 Å². The van der Waals surface area contributed by atoms with Gasteiger partial charge in [0.25, 0.3) is 0 Å². The Morgan fingerprint density at radius 3 is 2.23 bits per heavy atom. The van der Waals surface area contributed by atoms with Crippen LogP contribution < -0.4 is 0 Å². The number of hydrogen-bond donors (Lipinski definition) is 0. The summed E-state index contributed by atoms with van der Waals surface area (Å²) in [5.74, 6) is -2.08. The van der Waals surface area contributed by atoms with E-state index in [-0.39, 0.29) is 50.1 Å². The second-order valence-electron chi connectivity index (χ2n) is 2.53. The Kier molecular flexibility index (Phi) is 4.86. The van der Waals surface area contributed by atoms with Crippen molar-refractivity contribution in [3.05, 3.63) is 34.4 Å². The van der Waals surface area contributed by atoms with Crippen LogP contribution in [0.1, 0.15) is 21.5 Å². The van der Waals surface area contributed by atoms with Crippen molar-refractivity contribution in [1.82, 2.24) is 0 Å². The Labute approximate surface area is 100 Å². The number of carbonyl (C=O) groups is 1. The quantitative estimate of drug-likeness (QED) is 0.557. The summed E-state index contributed by atoms with van der Waals surface area (Å²) in [6, 6.07) is 2.45. The van der Waals surface area contributed by atoms with E-state index in [2.05, 4.69) is 6.07 Å². The Hall–Kier alpha value is -0.146. The number of carbonyl (C=O) groups excluding carboxylic acids is 1. The molecule has 0 aromatic heterocycles. The van der Waals surface area contributed by atoms with Gasteiger partial charge in [-0.3, -0.25) is 4.39 Å². The largest absolute Gasteiger partial charge is 0.355 e. The van der Waals surface area contributed by atoms with E-state index >= 15 is 0 Å². The molecule has 0 saturated heterocycles. The van der Waals surface area contributed by atoms with Crippen LogP contribution in [0.3, 0.4) is 0 Å². The van der Waals surface area contributed by atoms with E-state index in [9.17, 15) is 13.6 Å². The predicted octanol–water partition coefficient (Wildman–Crippen LogP) is 2.19. The van der Waals surface area contributed by atoms with Crippen molar-refractivity contribution < 1.29 is 46.3 Å². The van der Waals surface area contributed by atoms with Crippen molar-refractivity contribution in [2.75, 3.05) is 0 Å². The van der Waals surface area contributed by atoms with Crippen molar-refractivity contribution in [3.63, 3.8) is 0 Å². The minimum Gasteiger partial charge on any atom is -0.355 e. The smallest absolute Gasteiger partial charge is 0.0797 e. The van der Waals surface area contributed by atoms with E-state index in [4.69, 9.17) is 0 Å². The molecule has 1 rings (SSSR count). The molecule has 1 aromatic rings. The molecule has 67 valence electrons. The molecular formula is C9H7F2OY-. The van der Waals surface area contributed by atoms with Gasteiger partial charge < -0.3 is 4.79 Å². The van der Waals surface area contributed by atoms with Crippen molar-refractivity contribution >= 4 is 6.29 Å². The Morgan fingerprint density at radius 2 is 1.77 bits per heavy atom. The summed E-state index contributed by atoms with van der Waals surface area (Å²) in [7, 11) is 0. The molecule has 0 spiro atoms. The molecule has 0 amide bonds. The van der Waals surface area contributed by atoms with Gasteiger partial charge in [-0.05, 0) is 0 Å². The van der Waals surface area contributed by atoms with Crippen LogP contribution in [0.15, 0.2) is 0 Å². The van der Waals surface area contributed by atoms with Gasteiger partial charge in [-0.15, -0.1) is 11.6 Å². The zero-order valence-electron chi connectivity index (χ0n) is 7.32. The van der Waals surface area contributed by atoms with Crippen molar-refractivity contribution in [2.24, 2.45) is 0 Å². The summed E-state index contributed by atoms with van der Waals surface area (Å²) in [4.78, 5) is 10.2. The van der Waals surface area contributed by atoms with E-state index in [1.807, 2.05) is 0 Å². The molecule has 1 radical (unpaired) electrons. The van der Waals surface area contributed by atoms with E-state index in [1.165, 1.54) is 6.92 Å². The fraction of sp³-hybridized carbons (Fsp3) is 0.222. The summed E-state index contributed by atoms with van der Waals surface area (Å²) in [6.07, 6.45) is 0.255. The number of aryl methyl sites for hydroxylation is 1. The van der Waals surface area contributed by atoms with Crippen LogP contribution in [0.4, 0.5) is 8.78 Å². The van der Waals surface area contributed by atoms with Gasteiger partial charge in [0.1, 0.15) is 0 Å². The molecule has 1 aromatic carbocycles. The zero-order valence-corrected chi connectivity index (χ0v) is 10.2. The Balaban J connectivity index is 0.00000144. The summed E-state index contributed by atoms with van der Waals surface area (Å²) in [5, 5.41) is 0. The number of aldehydes is 1. The molecule has 0 aliphatic carbocycles. The molecule has 13 heavy (non-hydrogen) atoms. The molecule has 4 heteroatoms. The normalized spacial score (nSPS) is 9.23. The third-order valence-electron chi connectivity index (χ3n) is 1.76. The molecule has 1 nitrogen and oxygen atoms in total. The molecule has 0 aliphatic rings. The zero-order chi connectivity index (χ0) is 9.30. The molecule has 0 heterocycles. The fourth-order valence-corrected chi connectivity index (χ4v) is 0.879. The number of halogens is 2. The van der Waals surface area contributed by atoms with Crippen LogP contribution in [0, 0.1) is 31.5 Å². The Morgan fingerprint density at radius 1 is 1.23 bits per heavy atom. The fourth-order valence-electron chi connectivity index (χ4n) is 0.879. The molecule has 0 fully saturated rings. The van der Waals surface area contributed by atoms with Crippen LogP contribution in [-0.4, -0.2) is 6.29 Å². The standard InChI is InChI=1S/C9H7F2O.Y/c1-5-3-7(4-12)9(11)8(10)6(5)2;/h4H,1-2H3;/q-1;. The number of hydrogen-bond acceptors (Lipinski definition) is 1. The first-order valence-electron chi connectivity index (χ1n) is 3.40. The average molecular weight is 258 g/mol. The SMILES string of the molecule is Cc1[c-]c(C=O)c(F)c(F)c1C.[Y]. The monoisotopic (exact) mass is 258 g/mol. The first-order valence-corrected chi connectivity index (χ1v) is 3.40. The maximum Gasteiger partial charge on any atom is 0.0797 e. The molecular weight excluding hydrogens is 251 g/mol. The number of rotatable bonds is 1.